The smallest absolute Gasteiger partial charge is 0.359 e. The fourth-order valence-electron chi connectivity index (χ4n) is 1.42. The van der Waals surface area contributed by atoms with Crippen LogP contribution in [-0.2, 0) is 14.3 Å². The minimum absolute atomic E-state index is 0.0324. The second kappa shape index (κ2) is 6.88. The number of ether oxygens (including phenoxy) is 2. The van der Waals surface area contributed by atoms with Gasteiger partial charge in [-0.15, -0.1) is 0 Å². The maximum Gasteiger partial charge on any atom is 0.359 e. The van der Waals surface area contributed by atoms with E-state index in [-0.39, 0.29) is 12.2 Å². The zero-order chi connectivity index (χ0) is 15.2. The first kappa shape index (κ1) is 15.9. The van der Waals surface area contributed by atoms with Crippen LogP contribution in [0.25, 0.3) is 0 Å². The van der Waals surface area contributed by atoms with Gasteiger partial charge in [0.1, 0.15) is 12.1 Å². The second-order valence-corrected chi connectivity index (χ2v) is 5.06. The lowest BCUT2D eigenvalue weighted by Crippen LogP contribution is -2.26. The van der Waals surface area contributed by atoms with Gasteiger partial charge >= 0.3 is 11.9 Å². The van der Waals surface area contributed by atoms with Crippen molar-refractivity contribution in [1.29, 1.82) is 0 Å². The molecule has 6 nitrogen and oxygen atoms in total. The average Bonchev–Trinajstić information content (AvgIpc) is 2.35. The summed E-state index contributed by atoms with van der Waals surface area (Å²) in [6.45, 7) is 7.34. The van der Waals surface area contributed by atoms with E-state index < -0.39 is 17.5 Å². The third-order valence-corrected chi connectivity index (χ3v) is 2.13. The fraction of sp³-hybridized carbons (Fsp3) is 0.500. The highest BCUT2D eigenvalue weighted by molar-refractivity contribution is 5.94. The first-order valence-electron chi connectivity index (χ1n) is 6.41. The van der Waals surface area contributed by atoms with Crippen LogP contribution >= 0.6 is 0 Å². The third kappa shape index (κ3) is 5.26. The molecule has 1 rings (SSSR count). The van der Waals surface area contributed by atoms with Crippen molar-refractivity contribution in [3.05, 3.63) is 24.0 Å². The van der Waals surface area contributed by atoms with E-state index in [1.807, 2.05) is 0 Å². The van der Waals surface area contributed by atoms with Crippen molar-refractivity contribution < 1.29 is 19.1 Å². The van der Waals surface area contributed by atoms with Gasteiger partial charge in [0, 0.05) is 6.20 Å². The van der Waals surface area contributed by atoms with E-state index >= 15 is 0 Å². The van der Waals surface area contributed by atoms with Gasteiger partial charge in [0.15, 0.2) is 5.69 Å². The molecule has 1 N–H and O–H groups in total. The van der Waals surface area contributed by atoms with Crippen LogP contribution in [0.3, 0.4) is 0 Å². The molecular formula is C14H20N2O4. The molecule has 0 amide bonds. The van der Waals surface area contributed by atoms with Crippen LogP contribution in [0.2, 0.25) is 0 Å². The van der Waals surface area contributed by atoms with Gasteiger partial charge in [0.05, 0.1) is 12.3 Å². The number of esters is 2. The van der Waals surface area contributed by atoms with Gasteiger partial charge in [-0.25, -0.2) is 9.78 Å². The summed E-state index contributed by atoms with van der Waals surface area (Å²) in [6, 6.07) is 3.33. The van der Waals surface area contributed by atoms with Crippen molar-refractivity contribution in [1.82, 2.24) is 4.98 Å². The third-order valence-electron chi connectivity index (χ3n) is 2.13. The van der Waals surface area contributed by atoms with E-state index in [1.54, 1.807) is 39.8 Å². The normalized spacial score (nSPS) is 10.8. The minimum atomic E-state index is -0.604. The van der Waals surface area contributed by atoms with E-state index in [1.165, 1.54) is 6.20 Å². The summed E-state index contributed by atoms with van der Waals surface area (Å²) in [6.07, 6.45) is 1.49. The monoisotopic (exact) mass is 280 g/mol. The number of carbonyl (C=O) groups excluding carboxylic acids is 2. The molecule has 0 spiro atoms. The number of rotatable bonds is 5. The number of aromatic nitrogens is 1. The van der Waals surface area contributed by atoms with Gasteiger partial charge in [-0.05, 0) is 39.8 Å². The highest BCUT2D eigenvalue weighted by atomic mass is 16.6. The summed E-state index contributed by atoms with van der Waals surface area (Å²) in [4.78, 5) is 27.3. The Hall–Kier alpha value is -2.11. The van der Waals surface area contributed by atoms with Crippen LogP contribution in [0.4, 0.5) is 5.69 Å². The molecule has 20 heavy (non-hydrogen) atoms. The molecule has 0 saturated heterocycles. The number of hydrogen-bond acceptors (Lipinski definition) is 6. The van der Waals surface area contributed by atoms with Crippen LogP contribution in [0.5, 0.6) is 0 Å². The van der Waals surface area contributed by atoms with Gasteiger partial charge < -0.3 is 14.8 Å². The molecule has 0 aliphatic rings. The summed E-state index contributed by atoms with van der Waals surface area (Å²) in [5.41, 5.74) is -0.0194. The van der Waals surface area contributed by atoms with Crippen molar-refractivity contribution in [2.75, 3.05) is 18.5 Å². The predicted molar refractivity (Wildman–Crippen MR) is 74.5 cm³/mol. The minimum Gasteiger partial charge on any atom is -0.465 e. The molecule has 0 saturated carbocycles. The Morgan fingerprint density at radius 1 is 1.35 bits per heavy atom. The quantitative estimate of drug-likeness (QED) is 0.831. The van der Waals surface area contributed by atoms with Crippen molar-refractivity contribution in [2.24, 2.45) is 0 Å². The molecule has 1 heterocycles. The molecular weight excluding hydrogens is 260 g/mol. The number of anilines is 1. The highest BCUT2D eigenvalue weighted by Crippen LogP contribution is 2.17. The molecule has 0 radical (unpaired) electrons. The molecule has 0 aromatic carbocycles. The zero-order valence-electron chi connectivity index (χ0n) is 12.2. The Morgan fingerprint density at radius 2 is 2.05 bits per heavy atom. The van der Waals surface area contributed by atoms with Crippen LogP contribution in [0.15, 0.2) is 18.3 Å². The highest BCUT2D eigenvalue weighted by Gasteiger charge is 2.21. The summed E-state index contributed by atoms with van der Waals surface area (Å²) < 4.78 is 10.1. The van der Waals surface area contributed by atoms with Crippen LogP contribution < -0.4 is 5.32 Å². The fourth-order valence-corrected chi connectivity index (χ4v) is 1.42. The Kier molecular flexibility index (Phi) is 5.49. The summed E-state index contributed by atoms with van der Waals surface area (Å²) in [5, 5.41) is 2.83. The van der Waals surface area contributed by atoms with E-state index in [9.17, 15) is 9.59 Å². The zero-order valence-corrected chi connectivity index (χ0v) is 12.2. The molecule has 0 fully saturated rings. The first-order valence-corrected chi connectivity index (χ1v) is 6.41. The Labute approximate surface area is 118 Å². The maximum absolute atomic E-state index is 12.0. The van der Waals surface area contributed by atoms with Gasteiger partial charge in [-0.1, -0.05) is 0 Å². The number of pyridine rings is 1. The Morgan fingerprint density at radius 3 is 2.65 bits per heavy atom. The topological polar surface area (TPSA) is 77.5 Å². The Bertz CT molecular complexity index is 480. The maximum atomic E-state index is 12.0. The molecule has 0 aliphatic carbocycles. The molecule has 0 unspecified atom stereocenters. The average molecular weight is 280 g/mol. The molecule has 1 aromatic heterocycles. The molecule has 6 heteroatoms. The molecule has 1 aromatic rings. The van der Waals surface area contributed by atoms with Gasteiger partial charge in [-0.2, -0.15) is 0 Å². The van der Waals surface area contributed by atoms with E-state index in [2.05, 4.69) is 10.3 Å². The van der Waals surface area contributed by atoms with Crippen LogP contribution in [-0.4, -0.2) is 35.7 Å². The molecule has 0 bridgehead atoms. The first-order chi connectivity index (χ1) is 9.33. The lowest BCUT2D eigenvalue weighted by atomic mass is 10.2. The van der Waals surface area contributed by atoms with Crippen molar-refractivity contribution in [3.63, 3.8) is 0 Å². The van der Waals surface area contributed by atoms with E-state index in [0.29, 0.717) is 12.3 Å². The lowest BCUT2D eigenvalue weighted by molar-refractivity contribution is -0.140. The molecule has 110 valence electrons. The number of hydrogen-bond donors (Lipinski definition) is 1. The van der Waals surface area contributed by atoms with E-state index in [0.717, 1.165) is 0 Å². The summed E-state index contributed by atoms with van der Waals surface area (Å²) >= 11 is 0. The SMILES string of the molecule is CCOC(=O)CNc1cccnc1C(=O)OC(C)(C)C. The van der Waals surface area contributed by atoms with E-state index in [4.69, 9.17) is 9.47 Å². The van der Waals surface area contributed by atoms with Gasteiger partial charge in [-0.3, -0.25) is 4.79 Å². The molecule has 0 aliphatic heterocycles. The van der Waals surface area contributed by atoms with Crippen LogP contribution in [0, 0.1) is 0 Å². The lowest BCUT2D eigenvalue weighted by Gasteiger charge is -2.20. The standard InChI is InChI=1S/C14H20N2O4/c1-5-19-11(17)9-16-10-7-6-8-15-12(10)13(18)20-14(2,3)4/h6-8,16H,5,9H2,1-4H3. The number of carbonyl (C=O) groups is 2. The van der Waals surface area contributed by atoms with Crippen LogP contribution in [0.1, 0.15) is 38.2 Å². The predicted octanol–water partition coefficient (Wildman–Crippen LogP) is 2.01. The second-order valence-electron chi connectivity index (χ2n) is 5.06. The molecule has 0 atom stereocenters. The van der Waals surface area contributed by atoms with Crippen molar-refractivity contribution >= 4 is 17.6 Å². The van der Waals surface area contributed by atoms with Gasteiger partial charge in [0.2, 0.25) is 0 Å². The summed E-state index contributed by atoms with van der Waals surface area (Å²) in [5.74, 6) is -0.934. The Balaban J connectivity index is 2.78. The number of nitrogens with zero attached hydrogens (tertiary/aromatic N) is 1. The van der Waals surface area contributed by atoms with Crippen molar-refractivity contribution in [2.45, 2.75) is 33.3 Å². The number of nitrogens with one attached hydrogen (secondary N) is 1. The summed E-state index contributed by atoms with van der Waals surface area (Å²) in [7, 11) is 0. The van der Waals surface area contributed by atoms with Gasteiger partial charge in [0.25, 0.3) is 0 Å². The largest absolute Gasteiger partial charge is 0.465 e. The van der Waals surface area contributed by atoms with Crippen molar-refractivity contribution in [3.8, 4) is 0 Å².